The standard InChI is InChI=1S/C13H14BrNO4S/c1-9-5-3-4-6-11(9)15(2)20(17,18)12-7-10(8-16)19-13(12)14/h3-7,16H,8H2,1-2H3. The molecule has 7 heteroatoms. The van der Waals surface area contributed by atoms with Crippen LogP contribution in [0.1, 0.15) is 11.3 Å². The molecule has 0 fully saturated rings. The number of para-hydroxylation sites is 1. The normalized spacial score (nSPS) is 11.6. The van der Waals surface area contributed by atoms with Crippen LogP contribution in [0.4, 0.5) is 5.69 Å². The summed E-state index contributed by atoms with van der Waals surface area (Å²) in [4.78, 5) is -0.00713. The van der Waals surface area contributed by atoms with Crippen molar-refractivity contribution in [2.75, 3.05) is 11.4 Å². The molecule has 108 valence electrons. The van der Waals surface area contributed by atoms with E-state index in [2.05, 4.69) is 15.9 Å². The van der Waals surface area contributed by atoms with E-state index in [9.17, 15) is 8.42 Å². The number of rotatable bonds is 4. The molecule has 0 bridgehead atoms. The number of aliphatic hydroxyl groups excluding tert-OH is 1. The summed E-state index contributed by atoms with van der Waals surface area (Å²) in [6.45, 7) is 1.48. The second-order valence-electron chi connectivity index (χ2n) is 4.27. The quantitative estimate of drug-likeness (QED) is 0.910. The van der Waals surface area contributed by atoms with Gasteiger partial charge in [-0.3, -0.25) is 4.31 Å². The van der Waals surface area contributed by atoms with Crippen molar-refractivity contribution in [1.82, 2.24) is 0 Å². The molecule has 0 aliphatic rings. The van der Waals surface area contributed by atoms with Crippen LogP contribution in [0.2, 0.25) is 0 Å². The molecule has 0 spiro atoms. The minimum Gasteiger partial charge on any atom is -0.450 e. The number of aryl methyl sites for hydroxylation is 1. The fraction of sp³-hybridized carbons (Fsp3) is 0.231. The Balaban J connectivity index is 2.49. The van der Waals surface area contributed by atoms with Gasteiger partial charge in [-0.05, 0) is 34.5 Å². The van der Waals surface area contributed by atoms with Gasteiger partial charge in [0.15, 0.2) is 4.67 Å². The van der Waals surface area contributed by atoms with Crippen molar-refractivity contribution in [1.29, 1.82) is 0 Å². The summed E-state index contributed by atoms with van der Waals surface area (Å²) in [5, 5.41) is 9.02. The third kappa shape index (κ3) is 2.61. The first-order chi connectivity index (χ1) is 9.37. The van der Waals surface area contributed by atoms with E-state index in [1.165, 1.54) is 17.4 Å². The van der Waals surface area contributed by atoms with Gasteiger partial charge in [0, 0.05) is 13.1 Å². The monoisotopic (exact) mass is 359 g/mol. The van der Waals surface area contributed by atoms with Crippen LogP contribution in [0.5, 0.6) is 0 Å². The Morgan fingerprint density at radius 2 is 2.00 bits per heavy atom. The Labute approximate surface area is 126 Å². The molecule has 0 unspecified atom stereocenters. The van der Waals surface area contributed by atoms with Crippen LogP contribution in [0.15, 0.2) is 44.3 Å². The average Bonchev–Trinajstić information content (AvgIpc) is 2.80. The maximum atomic E-state index is 12.6. The number of halogens is 1. The lowest BCUT2D eigenvalue weighted by Gasteiger charge is -2.20. The molecule has 0 saturated carbocycles. The molecule has 0 atom stereocenters. The van der Waals surface area contributed by atoms with Gasteiger partial charge in [-0.25, -0.2) is 8.42 Å². The van der Waals surface area contributed by atoms with E-state index in [0.29, 0.717) is 5.69 Å². The molecule has 1 heterocycles. The molecule has 0 aliphatic heterocycles. The maximum Gasteiger partial charge on any atom is 0.268 e. The van der Waals surface area contributed by atoms with Gasteiger partial charge < -0.3 is 9.52 Å². The van der Waals surface area contributed by atoms with Crippen molar-refractivity contribution in [3.8, 4) is 0 Å². The van der Waals surface area contributed by atoms with E-state index in [4.69, 9.17) is 9.52 Å². The summed E-state index contributed by atoms with van der Waals surface area (Å²) in [6.07, 6.45) is 0. The summed E-state index contributed by atoms with van der Waals surface area (Å²) in [5.74, 6) is 0.189. The van der Waals surface area contributed by atoms with Gasteiger partial charge in [0.25, 0.3) is 10.0 Å². The Morgan fingerprint density at radius 1 is 1.35 bits per heavy atom. The molecule has 20 heavy (non-hydrogen) atoms. The molecular weight excluding hydrogens is 346 g/mol. The third-order valence-electron chi connectivity index (χ3n) is 2.96. The molecule has 1 N–H and O–H groups in total. The molecule has 1 aromatic carbocycles. The Morgan fingerprint density at radius 3 is 2.55 bits per heavy atom. The zero-order valence-electron chi connectivity index (χ0n) is 11.0. The number of benzene rings is 1. The van der Waals surface area contributed by atoms with Crippen molar-refractivity contribution >= 4 is 31.6 Å². The zero-order chi connectivity index (χ0) is 14.9. The summed E-state index contributed by atoms with van der Waals surface area (Å²) in [7, 11) is -2.27. The second kappa shape index (κ2) is 5.59. The fourth-order valence-electron chi connectivity index (χ4n) is 1.85. The van der Waals surface area contributed by atoms with Crippen molar-refractivity contribution in [3.05, 3.63) is 46.3 Å². The summed E-state index contributed by atoms with van der Waals surface area (Å²) in [5.41, 5.74) is 1.44. The van der Waals surface area contributed by atoms with Crippen molar-refractivity contribution < 1.29 is 17.9 Å². The van der Waals surface area contributed by atoms with Gasteiger partial charge in [-0.2, -0.15) is 0 Å². The van der Waals surface area contributed by atoms with E-state index in [1.54, 1.807) is 12.1 Å². The van der Waals surface area contributed by atoms with E-state index >= 15 is 0 Å². The van der Waals surface area contributed by atoms with Gasteiger partial charge in [0.1, 0.15) is 17.3 Å². The van der Waals surface area contributed by atoms with Gasteiger partial charge in [-0.15, -0.1) is 0 Å². The van der Waals surface area contributed by atoms with Crippen LogP contribution in [0.25, 0.3) is 0 Å². The Hall–Kier alpha value is -1.31. The SMILES string of the molecule is Cc1ccccc1N(C)S(=O)(=O)c1cc(CO)oc1Br. The van der Waals surface area contributed by atoms with Crippen LogP contribution in [0, 0.1) is 6.92 Å². The third-order valence-corrected chi connectivity index (χ3v) is 5.58. The van der Waals surface area contributed by atoms with Crippen molar-refractivity contribution in [3.63, 3.8) is 0 Å². The van der Waals surface area contributed by atoms with Crippen LogP contribution < -0.4 is 4.31 Å². The van der Waals surface area contributed by atoms with Crippen LogP contribution in [-0.4, -0.2) is 20.6 Å². The van der Waals surface area contributed by atoms with E-state index in [0.717, 1.165) is 5.56 Å². The highest BCUT2D eigenvalue weighted by molar-refractivity contribution is 9.10. The Kier molecular flexibility index (Phi) is 4.22. The number of furan rings is 1. The predicted octanol–water partition coefficient (Wildman–Crippen LogP) is 2.67. The lowest BCUT2D eigenvalue weighted by atomic mass is 10.2. The number of sulfonamides is 1. The number of nitrogens with zero attached hydrogens (tertiary/aromatic N) is 1. The number of anilines is 1. The zero-order valence-corrected chi connectivity index (χ0v) is 13.4. The highest BCUT2D eigenvalue weighted by Gasteiger charge is 2.27. The molecule has 5 nitrogen and oxygen atoms in total. The molecule has 0 aliphatic carbocycles. The number of hydrogen-bond acceptors (Lipinski definition) is 4. The second-order valence-corrected chi connectivity index (χ2v) is 6.93. The molecular formula is C13H14BrNO4S. The highest BCUT2D eigenvalue weighted by Crippen LogP contribution is 2.31. The van der Waals surface area contributed by atoms with Crippen molar-refractivity contribution in [2.45, 2.75) is 18.4 Å². The molecule has 1 aromatic heterocycles. The first-order valence-electron chi connectivity index (χ1n) is 5.81. The van der Waals surface area contributed by atoms with Crippen molar-refractivity contribution in [2.24, 2.45) is 0 Å². The van der Waals surface area contributed by atoms with E-state index in [-0.39, 0.29) is 21.9 Å². The molecule has 0 amide bonds. The molecule has 0 radical (unpaired) electrons. The lowest BCUT2D eigenvalue weighted by molar-refractivity contribution is 0.245. The van der Waals surface area contributed by atoms with Crippen LogP contribution in [0.3, 0.4) is 0 Å². The molecule has 2 aromatic rings. The van der Waals surface area contributed by atoms with Crippen LogP contribution >= 0.6 is 15.9 Å². The first kappa shape index (κ1) is 15.1. The average molecular weight is 360 g/mol. The van der Waals surface area contributed by atoms with Crippen LogP contribution in [-0.2, 0) is 16.6 Å². The van der Waals surface area contributed by atoms with Gasteiger partial charge in [0.05, 0.1) is 5.69 Å². The molecule has 0 saturated heterocycles. The van der Waals surface area contributed by atoms with E-state index in [1.807, 2.05) is 19.1 Å². The minimum absolute atomic E-state index is 0.00713. The van der Waals surface area contributed by atoms with E-state index < -0.39 is 10.0 Å². The summed E-state index contributed by atoms with van der Waals surface area (Å²) in [6, 6.07) is 8.50. The van der Waals surface area contributed by atoms with Gasteiger partial charge >= 0.3 is 0 Å². The maximum absolute atomic E-state index is 12.6. The topological polar surface area (TPSA) is 70.8 Å². The van der Waals surface area contributed by atoms with Gasteiger partial charge in [0.2, 0.25) is 0 Å². The highest BCUT2D eigenvalue weighted by atomic mass is 79.9. The van der Waals surface area contributed by atoms with Gasteiger partial charge in [-0.1, -0.05) is 18.2 Å². The minimum atomic E-state index is -3.75. The predicted molar refractivity (Wildman–Crippen MR) is 79.1 cm³/mol. The summed E-state index contributed by atoms with van der Waals surface area (Å²) >= 11 is 3.07. The fourth-order valence-corrected chi connectivity index (χ4v) is 4.07. The lowest BCUT2D eigenvalue weighted by Crippen LogP contribution is -2.27. The smallest absolute Gasteiger partial charge is 0.268 e. The number of aliphatic hydroxyl groups is 1. The largest absolute Gasteiger partial charge is 0.450 e. The first-order valence-corrected chi connectivity index (χ1v) is 8.05. The number of hydrogen-bond donors (Lipinski definition) is 1. The summed E-state index contributed by atoms with van der Waals surface area (Å²) < 4.78 is 31.6. The Bertz CT molecular complexity index is 724. The molecule has 2 rings (SSSR count).